The molecule has 0 aliphatic rings. The zero-order chi connectivity index (χ0) is 15.5. The molecule has 0 unspecified atom stereocenters. The molecular formula is C14H21BrClFN2O2S. The number of hydrogen-bond donors (Lipinski definition) is 2. The first-order valence-corrected chi connectivity index (χ1v) is 8.56. The zero-order valence-electron chi connectivity index (χ0n) is 12.4. The van der Waals surface area contributed by atoms with Crippen molar-refractivity contribution >= 4 is 46.0 Å². The fourth-order valence-corrected chi connectivity index (χ4v) is 2.71. The monoisotopic (exact) mass is 414 g/mol. The molecule has 0 fully saturated rings. The van der Waals surface area contributed by atoms with E-state index < -0.39 is 0 Å². The number of methoxy groups -OCH3 is 1. The number of benzene rings is 1. The summed E-state index contributed by atoms with van der Waals surface area (Å²) >= 11 is 4.61. The van der Waals surface area contributed by atoms with Crippen LogP contribution in [0, 0.1) is 5.82 Å². The molecule has 2 N–H and O–H groups in total. The van der Waals surface area contributed by atoms with E-state index in [0.717, 1.165) is 6.54 Å². The highest BCUT2D eigenvalue weighted by atomic mass is 79.9. The van der Waals surface area contributed by atoms with E-state index >= 15 is 0 Å². The van der Waals surface area contributed by atoms with Crippen LogP contribution in [0.3, 0.4) is 0 Å². The number of thioether (sulfide) groups is 1. The molecule has 0 saturated heterocycles. The SMILES string of the molecule is COCCNCCNC(=O)CSCc1ccc(Br)cc1F.Cl. The Labute approximate surface area is 149 Å². The first-order valence-electron chi connectivity index (χ1n) is 6.61. The van der Waals surface area contributed by atoms with Crippen LogP contribution in [0.1, 0.15) is 5.56 Å². The Morgan fingerprint density at radius 3 is 2.82 bits per heavy atom. The first-order chi connectivity index (χ1) is 10.1. The molecule has 126 valence electrons. The highest BCUT2D eigenvalue weighted by molar-refractivity contribution is 9.10. The number of ether oxygens (including phenoxy) is 1. The molecule has 0 bridgehead atoms. The van der Waals surface area contributed by atoms with E-state index in [0.29, 0.717) is 41.2 Å². The van der Waals surface area contributed by atoms with Crippen LogP contribution in [-0.4, -0.2) is 45.0 Å². The number of nitrogens with one attached hydrogen (secondary N) is 2. The molecule has 0 heterocycles. The van der Waals surface area contributed by atoms with E-state index in [2.05, 4.69) is 26.6 Å². The smallest absolute Gasteiger partial charge is 0.230 e. The summed E-state index contributed by atoms with van der Waals surface area (Å²) in [6.45, 7) is 2.71. The lowest BCUT2D eigenvalue weighted by atomic mass is 10.2. The van der Waals surface area contributed by atoms with Crippen LogP contribution in [0.25, 0.3) is 0 Å². The van der Waals surface area contributed by atoms with Gasteiger partial charge in [-0.1, -0.05) is 22.0 Å². The van der Waals surface area contributed by atoms with Crippen molar-refractivity contribution in [2.45, 2.75) is 5.75 Å². The van der Waals surface area contributed by atoms with Gasteiger partial charge in [-0.3, -0.25) is 4.79 Å². The van der Waals surface area contributed by atoms with Crippen molar-refractivity contribution in [2.75, 3.05) is 39.1 Å². The van der Waals surface area contributed by atoms with Crippen molar-refractivity contribution in [1.29, 1.82) is 0 Å². The predicted octanol–water partition coefficient (Wildman–Crippen LogP) is 2.60. The van der Waals surface area contributed by atoms with Gasteiger partial charge in [-0.25, -0.2) is 4.39 Å². The van der Waals surface area contributed by atoms with Crippen molar-refractivity contribution < 1.29 is 13.9 Å². The van der Waals surface area contributed by atoms with Crippen molar-refractivity contribution in [3.05, 3.63) is 34.1 Å². The lowest BCUT2D eigenvalue weighted by Gasteiger charge is -2.07. The highest BCUT2D eigenvalue weighted by Gasteiger charge is 2.05. The summed E-state index contributed by atoms with van der Waals surface area (Å²) in [4.78, 5) is 11.6. The number of carbonyl (C=O) groups excluding carboxylic acids is 1. The summed E-state index contributed by atoms with van der Waals surface area (Å²) in [5, 5.41) is 5.94. The van der Waals surface area contributed by atoms with Gasteiger partial charge in [0, 0.05) is 37.0 Å². The van der Waals surface area contributed by atoms with Crippen LogP contribution in [-0.2, 0) is 15.3 Å². The molecular weight excluding hydrogens is 395 g/mol. The minimum atomic E-state index is -0.250. The van der Waals surface area contributed by atoms with E-state index in [1.165, 1.54) is 17.8 Å². The number of carbonyl (C=O) groups is 1. The molecule has 22 heavy (non-hydrogen) atoms. The second-order valence-electron chi connectivity index (χ2n) is 4.32. The third-order valence-corrected chi connectivity index (χ3v) is 4.09. The van der Waals surface area contributed by atoms with Gasteiger partial charge in [0.2, 0.25) is 5.91 Å². The van der Waals surface area contributed by atoms with Crippen LogP contribution in [0.4, 0.5) is 4.39 Å². The standard InChI is InChI=1S/C14H20BrFN2O2S.ClH/c1-20-7-6-17-4-5-18-14(19)10-21-9-11-2-3-12(15)8-13(11)16;/h2-3,8,17H,4-7,9-10H2,1H3,(H,18,19);1H. The zero-order valence-corrected chi connectivity index (χ0v) is 15.6. The third-order valence-electron chi connectivity index (χ3n) is 2.61. The van der Waals surface area contributed by atoms with Crippen LogP contribution < -0.4 is 10.6 Å². The molecule has 1 aromatic carbocycles. The van der Waals surface area contributed by atoms with Gasteiger partial charge in [0.1, 0.15) is 5.82 Å². The number of halogens is 3. The second kappa shape index (κ2) is 13.1. The van der Waals surface area contributed by atoms with E-state index in [-0.39, 0.29) is 24.1 Å². The number of hydrogen-bond acceptors (Lipinski definition) is 4. The maximum atomic E-state index is 13.6. The summed E-state index contributed by atoms with van der Waals surface area (Å²) in [5.74, 6) is 0.525. The predicted molar refractivity (Wildman–Crippen MR) is 95.3 cm³/mol. The van der Waals surface area contributed by atoms with Crippen LogP contribution in [0.2, 0.25) is 0 Å². The molecule has 1 aromatic rings. The summed E-state index contributed by atoms with van der Waals surface area (Å²) in [7, 11) is 1.65. The van der Waals surface area contributed by atoms with Crippen molar-refractivity contribution in [3.63, 3.8) is 0 Å². The molecule has 0 aliphatic carbocycles. The largest absolute Gasteiger partial charge is 0.383 e. The van der Waals surface area contributed by atoms with Crippen molar-refractivity contribution in [3.8, 4) is 0 Å². The Balaban J connectivity index is 0.00000441. The van der Waals surface area contributed by atoms with Gasteiger partial charge in [-0.15, -0.1) is 24.2 Å². The lowest BCUT2D eigenvalue weighted by Crippen LogP contribution is -2.33. The Hall–Kier alpha value is -0.340. The maximum absolute atomic E-state index is 13.6. The number of amides is 1. The Kier molecular flexibility index (Phi) is 12.9. The van der Waals surface area contributed by atoms with Crippen LogP contribution >= 0.6 is 40.1 Å². The fourth-order valence-electron chi connectivity index (χ4n) is 1.53. The van der Waals surface area contributed by atoms with Gasteiger partial charge < -0.3 is 15.4 Å². The van der Waals surface area contributed by atoms with E-state index in [1.54, 1.807) is 19.2 Å². The number of rotatable bonds is 10. The molecule has 1 rings (SSSR count). The molecule has 1 amide bonds. The molecule has 4 nitrogen and oxygen atoms in total. The van der Waals surface area contributed by atoms with Crippen LogP contribution in [0.15, 0.2) is 22.7 Å². The van der Waals surface area contributed by atoms with Gasteiger partial charge in [0.05, 0.1) is 12.4 Å². The Bertz CT molecular complexity index is 455. The van der Waals surface area contributed by atoms with E-state index in [9.17, 15) is 9.18 Å². The van der Waals surface area contributed by atoms with Crippen LogP contribution in [0.5, 0.6) is 0 Å². The summed E-state index contributed by atoms with van der Waals surface area (Å²) in [6, 6.07) is 4.95. The van der Waals surface area contributed by atoms with Gasteiger partial charge in [-0.2, -0.15) is 0 Å². The lowest BCUT2D eigenvalue weighted by molar-refractivity contribution is -0.118. The quantitative estimate of drug-likeness (QED) is 0.577. The molecule has 0 aliphatic heterocycles. The van der Waals surface area contributed by atoms with Gasteiger partial charge in [0.25, 0.3) is 0 Å². The molecule has 8 heteroatoms. The van der Waals surface area contributed by atoms with E-state index in [1.807, 2.05) is 0 Å². The molecule has 0 spiro atoms. The van der Waals surface area contributed by atoms with E-state index in [4.69, 9.17) is 4.74 Å². The second-order valence-corrected chi connectivity index (χ2v) is 6.22. The summed E-state index contributed by atoms with van der Waals surface area (Å²) in [6.07, 6.45) is 0. The normalized spacial score (nSPS) is 10.1. The van der Waals surface area contributed by atoms with Gasteiger partial charge in [-0.05, 0) is 17.7 Å². The topological polar surface area (TPSA) is 50.4 Å². The average Bonchev–Trinajstić information content (AvgIpc) is 2.45. The minimum Gasteiger partial charge on any atom is -0.383 e. The van der Waals surface area contributed by atoms with Crippen molar-refractivity contribution in [2.24, 2.45) is 0 Å². The summed E-state index contributed by atoms with van der Waals surface area (Å²) in [5.41, 5.74) is 0.609. The average molecular weight is 416 g/mol. The fraction of sp³-hybridized carbons (Fsp3) is 0.500. The van der Waals surface area contributed by atoms with Gasteiger partial charge >= 0.3 is 0 Å². The van der Waals surface area contributed by atoms with Gasteiger partial charge in [0.15, 0.2) is 0 Å². The summed E-state index contributed by atoms with van der Waals surface area (Å²) < 4.78 is 19.2. The molecule has 0 atom stereocenters. The maximum Gasteiger partial charge on any atom is 0.230 e. The molecule has 0 aromatic heterocycles. The Morgan fingerprint density at radius 1 is 1.36 bits per heavy atom. The first kappa shape index (κ1) is 21.7. The minimum absolute atomic E-state index is 0. The molecule has 0 radical (unpaired) electrons. The third kappa shape index (κ3) is 9.63. The molecule has 0 saturated carbocycles. The highest BCUT2D eigenvalue weighted by Crippen LogP contribution is 2.19. The Morgan fingerprint density at radius 2 is 2.14 bits per heavy atom. The van der Waals surface area contributed by atoms with Crippen molar-refractivity contribution in [1.82, 2.24) is 10.6 Å².